The van der Waals surface area contributed by atoms with Gasteiger partial charge in [-0.1, -0.05) is 25.6 Å². The standard InChI is InChI=1S/C16H12F2N2O.CH4/c17-13-7-6-12-10(8-14(21)20-16(12)15(13)18)9-19-11-4-2-1-3-5-11;/h1-8,19H,9H2,(H,20,21);1H4. The quantitative estimate of drug-likeness (QED) is 0.766. The molecule has 22 heavy (non-hydrogen) atoms. The average molecular weight is 302 g/mol. The second-order valence-electron chi connectivity index (χ2n) is 4.66. The van der Waals surface area contributed by atoms with Gasteiger partial charge in [0, 0.05) is 23.7 Å². The van der Waals surface area contributed by atoms with Gasteiger partial charge in [-0.25, -0.2) is 8.78 Å². The SMILES string of the molecule is C.O=c1cc(CNc2ccccc2)c2ccc(F)c(F)c2[nH]1. The molecule has 1 heterocycles. The molecule has 0 atom stereocenters. The molecule has 114 valence electrons. The molecule has 0 fully saturated rings. The molecule has 2 N–H and O–H groups in total. The highest BCUT2D eigenvalue weighted by Crippen LogP contribution is 2.21. The summed E-state index contributed by atoms with van der Waals surface area (Å²) in [6.45, 7) is 0.343. The Hall–Kier alpha value is -2.69. The van der Waals surface area contributed by atoms with Gasteiger partial charge in [0.25, 0.3) is 0 Å². The van der Waals surface area contributed by atoms with Crippen LogP contribution in [0.1, 0.15) is 13.0 Å². The van der Waals surface area contributed by atoms with Gasteiger partial charge in [0.05, 0.1) is 5.52 Å². The molecule has 0 aliphatic heterocycles. The highest BCUT2D eigenvalue weighted by atomic mass is 19.2. The van der Waals surface area contributed by atoms with Gasteiger partial charge < -0.3 is 10.3 Å². The first-order valence-electron chi connectivity index (χ1n) is 6.44. The predicted molar refractivity (Wildman–Crippen MR) is 85.0 cm³/mol. The maximum Gasteiger partial charge on any atom is 0.248 e. The van der Waals surface area contributed by atoms with Gasteiger partial charge in [-0.3, -0.25) is 4.79 Å². The van der Waals surface area contributed by atoms with Crippen molar-refractivity contribution in [2.24, 2.45) is 0 Å². The second-order valence-corrected chi connectivity index (χ2v) is 4.66. The number of fused-ring (bicyclic) bond motifs is 1. The van der Waals surface area contributed by atoms with Crippen LogP contribution in [0.25, 0.3) is 10.9 Å². The summed E-state index contributed by atoms with van der Waals surface area (Å²) in [4.78, 5) is 13.9. The smallest absolute Gasteiger partial charge is 0.248 e. The summed E-state index contributed by atoms with van der Waals surface area (Å²) in [5.41, 5.74) is 0.925. The van der Waals surface area contributed by atoms with Crippen LogP contribution in [0.15, 0.2) is 53.3 Å². The Balaban J connectivity index is 0.00000176. The van der Waals surface area contributed by atoms with Crippen LogP contribution in [0.5, 0.6) is 0 Å². The van der Waals surface area contributed by atoms with Gasteiger partial charge in [-0.2, -0.15) is 0 Å². The Labute approximate surface area is 126 Å². The first kappa shape index (κ1) is 15.7. The fraction of sp³-hybridized carbons (Fsp3) is 0.118. The number of hydrogen-bond donors (Lipinski definition) is 2. The third-order valence-corrected chi connectivity index (χ3v) is 3.25. The Morgan fingerprint density at radius 3 is 2.50 bits per heavy atom. The molecule has 0 saturated heterocycles. The summed E-state index contributed by atoms with van der Waals surface area (Å²) in [6.07, 6.45) is 0. The van der Waals surface area contributed by atoms with Crippen LogP contribution in [-0.2, 0) is 6.54 Å². The van der Waals surface area contributed by atoms with Gasteiger partial charge in [0.1, 0.15) is 0 Å². The fourth-order valence-electron chi connectivity index (χ4n) is 2.24. The van der Waals surface area contributed by atoms with E-state index < -0.39 is 17.2 Å². The van der Waals surface area contributed by atoms with Crippen molar-refractivity contribution in [1.29, 1.82) is 0 Å². The lowest BCUT2D eigenvalue weighted by atomic mass is 10.1. The van der Waals surface area contributed by atoms with Crippen LogP contribution in [0.2, 0.25) is 0 Å². The molecule has 0 aliphatic rings. The average Bonchev–Trinajstić information content (AvgIpc) is 2.50. The summed E-state index contributed by atoms with van der Waals surface area (Å²) in [5.74, 6) is -2.02. The van der Waals surface area contributed by atoms with Crippen LogP contribution < -0.4 is 10.9 Å². The van der Waals surface area contributed by atoms with Crippen molar-refractivity contribution < 1.29 is 8.78 Å². The molecule has 3 aromatic rings. The van der Waals surface area contributed by atoms with E-state index in [0.29, 0.717) is 17.5 Å². The van der Waals surface area contributed by atoms with E-state index in [-0.39, 0.29) is 12.9 Å². The van der Waals surface area contributed by atoms with Gasteiger partial charge >= 0.3 is 0 Å². The number of anilines is 1. The van der Waals surface area contributed by atoms with E-state index >= 15 is 0 Å². The molecule has 1 aromatic heterocycles. The molecule has 0 amide bonds. The van der Waals surface area contributed by atoms with Crippen molar-refractivity contribution in [3.05, 3.63) is 76.1 Å². The maximum absolute atomic E-state index is 13.8. The van der Waals surface area contributed by atoms with Crippen molar-refractivity contribution in [2.75, 3.05) is 5.32 Å². The lowest BCUT2D eigenvalue weighted by Gasteiger charge is -2.09. The molecule has 2 aromatic carbocycles. The number of benzene rings is 2. The number of H-pyrrole nitrogens is 1. The molecule has 0 bridgehead atoms. The first-order valence-corrected chi connectivity index (χ1v) is 6.44. The maximum atomic E-state index is 13.8. The number of para-hydroxylation sites is 1. The van der Waals surface area contributed by atoms with Crippen LogP contribution in [0.3, 0.4) is 0 Å². The Morgan fingerprint density at radius 1 is 1.05 bits per heavy atom. The zero-order valence-corrected chi connectivity index (χ0v) is 11.0. The van der Waals surface area contributed by atoms with E-state index in [0.717, 1.165) is 11.8 Å². The third-order valence-electron chi connectivity index (χ3n) is 3.25. The lowest BCUT2D eigenvalue weighted by Crippen LogP contribution is -2.11. The normalized spacial score (nSPS) is 10.3. The molecular weight excluding hydrogens is 286 g/mol. The minimum atomic E-state index is -1.04. The van der Waals surface area contributed by atoms with Crippen LogP contribution in [0.4, 0.5) is 14.5 Å². The Kier molecular flexibility index (Phi) is 4.56. The highest BCUT2D eigenvalue weighted by Gasteiger charge is 2.11. The number of aromatic amines is 1. The summed E-state index contributed by atoms with van der Waals surface area (Å²) >= 11 is 0. The molecular formula is C17H16F2N2O. The molecule has 3 nitrogen and oxygen atoms in total. The molecule has 0 saturated carbocycles. The third kappa shape index (κ3) is 2.98. The van der Waals surface area contributed by atoms with Crippen LogP contribution in [0, 0.1) is 11.6 Å². The molecule has 0 spiro atoms. The fourth-order valence-corrected chi connectivity index (χ4v) is 2.24. The number of aromatic nitrogens is 1. The first-order chi connectivity index (χ1) is 10.1. The lowest BCUT2D eigenvalue weighted by molar-refractivity contribution is 0.515. The van der Waals surface area contributed by atoms with E-state index in [1.54, 1.807) is 0 Å². The topological polar surface area (TPSA) is 44.9 Å². The minimum Gasteiger partial charge on any atom is -0.381 e. The van der Waals surface area contributed by atoms with Crippen molar-refractivity contribution >= 4 is 16.6 Å². The van der Waals surface area contributed by atoms with E-state index in [1.807, 2.05) is 30.3 Å². The Morgan fingerprint density at radius 2 is 1.77 bits per heavy atom. The summed E-state index contributed by atoms with van der Waals surface area (Å²) in [6, 6.07) is 13.3. The van der Waals surface area contributed by atoms with E-state index in [4.69, 9.17) is 0 Å². The number of pyridine rings is 1. The highest BCUT2D eigenvalue weighted by molar-refractivity contribution is 5.82. The number of nitrogens with one attached hydrogen (secondary N) is 2. The van der Waals surface area contributed by atoms with Crippen LogP contribution in [-0.4, -0.2) is 4.98 Å². The monoisotopic (exact) mass is 302 g/mol. The number of rotatable bonds is 3. The predicted octanol–water partition coefficient (Wildman–Crippen LogP) is 4.05. The molecule has 0 radical (unpaired) electrons. The molecule has 3 rings (SSSR count). The van der Waals surface area contributed by atoms with E-state index in [1.165, 1.54) is 12.1 Å². The van der Waals surface area contributed by atoms with E-state index in [9.17, 15) is 13.6 Å². The van der Waals surface area contributed by atoms with Gasteiger partial charge in [-0.15, -0.1) is 0 Å². The summed E-state index contributed by atoms with van der Waals surface area (Å²) in [7, 11) is 0. The van der Waals surface area contributed by atoms with Gasteiger partial charge in [0.2, 0.25) is 5.56 Å². The largest absolute Gasteiger partial charge is 0.381 e. The van der Waals surface area contributed by atoms with E-state index in [2.05, 4.69) is 10.3 Å². The van der Waals surface area contributed by atoms with Gasteiger partial charge in [0.15, 0.2) is 11.6 Å². The Bertz CT molecular complexity index is 844. The number of hydrogen-bond acceptors (Lipinski definition) is 2. The molecule has 0 aliphatic carbocycles. The van der Waals surface area contributed by atoms with Crippen molar-refractivity contribution in [1.82, 2.24) is 4.98 Å². The second kappa shape index (κ2) is 6.39. The van der Waals surface area contributed by atoms with Gasteiger partial charge in [-0.05, 0) is 29.8 Å². The van der Waals surface area contributed by atoms with Crippen molar-refractivity contribution in [3.63, 3.8) is 0 Å². The zero-order chi connectivity index (χ0) is 14.8. The summed E-state index contributed by atoms with van der Waals surface area (Å²) < 4.78 is 27.0. The van der Waals surface area contributed by atoms with Crippen LogP contribution >= 0.6 is 0 Å². The molecule has 5 heteroatoms. The number of halogens is 2. The van der Waals surface area contributed by atoms with Crippen molar-refractivity contribution in [2.45, 2.75) is 14.0 Å². The zero-order valence-electron chi connectivity index (χ0n) is 11.0. The minimum absolute atomic E-state index is 0. The molecule has 0 unspecified atom stereocenters. The van der Waals surface area contributed by atoms with Crippen molar-refractivity contribution in [3.8, 4) is 0 Å². The summed E-state index contributed by atoms with van der Waals surface area (Å²) in [5, 5.41) is 3.63.